The Hall–Kier alpha value is -1.59. The summed E-state index contributed by atoms with van der Waals surface area (Å²) in [5.74, 6) is -0.242. The number of esters is 1. The van der Waals surface area contributed by atoms with Crippen molar-refractivity contribution >= 4 is 27.1 Å². The second-order valence-electron chi connectivity index (χ2n) is 12.8. The molecule has 0 heterocycles. The molecule has 344 valence electrons. The molecule has 2 N–H and O–H groups in total. The molecule has 0 fully saturated rings. The van der Waals surface area contributed by atoms with Crippen molar-refractivity contribution in [1.82, 2.24) is 0 Å². The molecule has 1 rings (SSSR count). The molecule has 0 radical (unpaired) electrons. The fraction of sp³-hybridized carbons (Fsp3) is 0.775. The SMILES string of the molecule is CCC(C)(C)C(=O)OCCO.CCC(C)O.CN=P(C)(OC/C=C/c1ccccc1)OCCOCCOC.CN=P(C)(OCCOCCOC)OCCOCCOC. The maximum atomic E-state index is 11.1. The van der Waals surface area contributed by atoms with E-state index in [2.05, 4.69) is 9.49 Å². The molecular formula is C40H80N2O14P2. The smallest absolute Gasteiger partial charge is 0.311 e. The van der Waals surface area contributed by atoms with Crippen molar-refractivity contribution in [3.8, 4) is 0 Å². The van der Waals surface area contributed by atoms with Gasteiger partial charge in [0.05, 0.1) is 104 Å². The van der Waals surface area contributed by atoms with E-state index in [9.17, 15) is 4.79 Å². The highest BCUT2D eigenvalue weighted by Gasteiger charge is 2.26. The molecular weight excluding hydrogens is 794 g/mol. The number of benzene rings is 1. The van der Waals surface area contributed by atoms with Gasteiger partial charge in [0.1, 0.15) is 6.61 Å². The molecule has 0 saturated carbocycles. The third kappa shape index (κ3) is 39.8. The Morgan fingerprint density at radius 1 is 0.707 bits per heavy atom. The summed E-state index contributed by atoms with van der Waals surface area (Å²) < 4.78 is 66.7. The van der Waals surface area contributed by atoms with Crippen molar-refractivity contribution in [2.24, 2.45) is 14.9 Å². The standard InChI is InChI=1S/C16H26NO4P.C12H28NO6P.C8H16O3.C4H10O/c1-17-22(3,21-15-14-19-13-12-18-2)20-11-7-10-16-8-5-4-6-9-16;1-13-20(4,18-11-9-16-7-5-14-2)19-12-10-17-8-6-15-3;1-4-8(2,3)7(10)11-6-5-9;1-3-4(2)5/h4-10H,11-15H2,1-3H3;5-12H2,1-4H3;9H,4-6H2,1-3H3;4-5H,3H2,1-2H3/b10-7+;;;. The van der Waals surface area contributed by atoms with Crippen LogP contribution < -0.4 is 0 Å². The largest absolute Gasteiger partial charge is 0.463 e. The monoisotopic (exact) mass is 875 g/mol. The number of rotatable bonds is 30. The maximum Gasteiger partial charge on any atom is 0.311 e. The van der Waals surface area contributed by atoms with Crippen LogP contribution in [0.15, 0.2) is 45.9 Å². The first-order valence-electron chi connectivity index (χ1n) is 19.6. The second kappa shape index (κ2) is 42.1. The van der Waals surface area contributed by atoms with E-state index < -0.39 is 20.4 Å². The Balaban J connectivity index is -0.000000770. The quantitative estimate of drug-likeness (QED) is 0.0455. The van der Waals surface area contributed by atoms with Gasteiger partial charge in [-0.25, -0.2) is 0 Å². The Labute approximate surface area is 350 Å². The van der Waals surface area contributed by atoms with Crippen LogP contribution in [0.1, 0.15) is 53.0 Å². The third-order valence-electron chi connectivity index (χ3n) is 7.57. The highest BCUT2D eigenvalue weighted by atomic mass is 31.2. The summed E-state index contributed by atoms with van der Waals surface area (Å²) in [5.41, 5.74) is 0.724. The zero-order valence-corrected chi connectivity index (χ0v) is 39.5. The molecule has 1 aromatic carbocycles. The van der Waals surface area contributed by atoms with Gasteiger partial charge in [0.15, 0.2) is 0 Å². The zero-order valence-electron chi connectivity index (χ0n) is 37.7. The van der Waals surface area contributed by atoms with E-state index in [0.29, 0.717) is 85.9 Å². The highest BCUT2D eigenvalue weighted by Crippen LogP contribution is 2.47. The first kappa shape index (κ1) is 60.7. The summed E-state index contributed by atoms with van der Waals surface area (Å²) in [4.78, 5) is 11.1. The molecule has 2 atom stereocenters. The van der Waals surface area contributed by atoms with Gasteiger partial charge >= 0.3 is 5.97 Å². The van der Waals surface area contributed by atoms with Gasteiger partial charge in [-0.15, -0.1) is 0 Å². The number of carbonyl (C=O) groups excluding carboxylic acids is 1. The minimum atomic E-state index is -2.16. The summed E-state index contributed by atoms with van der Waals surface area (Å²) in [5, 5.41) is 16.7. The topological polar surface area (TPSA) is 184 Å². The molecule has 0 aromatic heterocycles. The van der Waals surface area contributed by atoms with Crippen LogP contribution in [-0.4, -0.2) is 170 Å². The van der Waals surface area contributed by atoms with Crippen LogP contribution in [0.2, 0.25) is 0 Å². The van der Waals surface area contributed by atoms with E-state index in [4.69, 9.17) is 61.5 Å². The van der Waals surface area contributed by atoms with Gasteiger partial charge in [-0.1, -0.05) is 56.3 Å². The average Bonchev–Trinajstić information content (AvgIpc) is 3.23. The van der Waals surface area contributed by atoms with Gasteiger partial charge in [-0.2, -0.15) is 0 Å². The molecule has 16 nitrogen and oxygen atoms in total. The molecule has 0 bridgehead atoms. The molecule has 2 unspecified atom stereocenters. The van der Waals surface area contributed by atoms with Crippen molar-refractivity contribution in [3.63, 3.8) is 0 Å². The number of hydrogen-bond acceptors (Lipinski definition) is 16. The second-order valence-corrected chi connectivity index (χ2v) is 17.8. The summed E-state index contributed by atoms with van der Waals surface area (Å²) in [6.07, 6.45) is 5.48. The van der Waals surface area contributed by atoms with Crippen LogP contribution in [0, 0.1) is 5.41 Å². The van der Waals surface area contributed by atoms with E-state index in [0.717, 1.165) is 18.4 Å². The van der Waals surface area contributed by atoms with E-state index in [-0.39, 0.29) is 25.3 Å². The van der Waals surface area contributed by atoms with Crippen molar-refractivity contribution in [1.29, 1.82) is 0 Å². The van der Waals surface area contributed by atoms with Crippen molar-refractivity contribution in [3.05, 3.63) is 42.0 Å². The van der Waals surface area contributed by atoms with Crippen LogP contribution in [0.4, 0.5) is 0 Å². The van der Waals surface area contributed by atoms with Gasteiger partial charge in [0.25, 0.3) is 0 Å². The first-order valence-corrected chi connectivity index (χ1v) is 23.7. The fourth-order valence-corrected chi connectivity index (χ4v) is 5.46. The number of aliphatic hydroxyl groups excluding tert-OH is 2. The Kier molecular flexibility index (Phi) is 44.1. The summed E-state index contributed by atoms with van der Waals surface area (Å²) in [6.45, 7) is 19.9. The number of ether oxygens (including phenoxy) is 7. The number of carbonyl (C=O) groups is 1. The molecule has 0 amide bonds. The number of aliphatic hydroxyl groups is 2. The summed E-state index contributed by atoms with van der Waals surface area (Å²) in [7, 11) is 4.03. The van der Waals surface area contributed by atoms with E-state index in [1.54, 1.807) is 42.3 Å². The Morgan fingerprint density at radius 3 is 1.45 bits per heavy atom. The predicted octanol–water partition coefficient (Wildman–Crippen LogP) is 7.06. The van der Waals surface area contributed by atoms with Crippen LogP contribution in [0.5, 0.6) is 0 Å². The van der Waals surface area contributed by atoms with E-state index in [1.165, 1.54) is 0 Å². The molecule has 0 spiro atoms. The predicted molar refractivity (Wildman–Crippen MR) is 234 cm³/mol. The lowest BCUT2D eigenvalue weighted by Crippen LogP contribution is -2.26. The van der Waals surface area contributed by atoms with Gasteiger partial charge in [-0.05, 0) is 39.2 Å². The van der Waals surface area contributed by atoms with Gasteiger partial charge < -0.3 is 61.5 Å². The number of nitrogens with zero attached hydrogens (tertiary/aromatic N) is 2. The molecule has 0 aliphatic heterocycles. The molecule has 1 aromatic rings. The lowest BCUT2D eigenvalue weighted by Gasteiger charge is -2.19. The average molecular weight is 875 g/mol. The Bertz CT molecular complexity index is 1170. The van der Waals surface area contributed by atoms with Crippen LogP contribution in [0.25, 0.3) is 6.08 Å². The fourth-order valence-electron chi connectivity index (χ4n) is 3.24. The van der Waals surface area contributed by atoms with Crippen molar-refractivity contribution in [2.45, 2.75) is 53.6 Å². The number of methoxy groups -OCH3 is 3. The van der Waals surface area contributed by atoms with Crippen LogP contribution in [0.3, 0.4) is 0 Å². The van der Waals surface area contributed by atoms with E-state index in [1.807, 2.05) is 83.5 Å². The molecule has 0 aliphatic rings. The molecule has 18 heteroatoms. The lowest BCUT2D eigenvalue weighted by atomic mass is 9.91. The third-order valence-corrected chi connectivity index (χ3v) is 11.6. The van der Waals surface area contributed by atoms with Gasteiger partial charge in [0.2, 0.25) is 15.0 Å². The highest BCUT2D eigenvalue weighted by molar-refractivity contribution is 7.55. The normalized spacial score (nSPS) is 12.9. The van der Waals surface area contributed by atoms with Gasteiger partial charge in [0, 0.05) is 48.8 Å². The lowest BCUT2D eigenvalue weighted by molar-refractivity contribution is -0.155. The summed E-state index contributed by atoms with van der Waals surface area (Å²) >= 11 is 0. The van der Waals surface area contributed by atoms with Crippen molar-refractivity contribution in [2.75, 3.05) is 148 Å². The summed E-state index contributed by atoms with van der Waals surface area (Å²) in [6, 6.07) is 10.1. The number of hydrogen-bond donors (Lipinski definition) is 2. The Morgan fingerprint density at radius 2 is 1.10 bits per heavy atom. The minimum Gasteiger partial charge on any atom is -0.463 e. The first-order chi connectivity index (χ1) is 27.7. The van der Waals surface area contributed by atoms with E-state index >= 15 is 0 Å². The van der Waals surface area contributed by atoms with Crippen LogP contribution in [-0.2, 0) is 56.0 Å². The minimum absolute atomic E-state index is 0.0995. The van der Waals surface area contributed by atoms with Gasteiger partial charge in [-0.3, -0.25) is 14.3 Å². The molecule has 0 aliphatic carbocycles. The van der Waals surface area contributed by atoms with Crippen molar-refractivity contribution < 1.29 is 66.3 Å². The van der Waals surface area contributed by atoms with Crippen LogP contribution >= 0.6 is 15.0 Å². The molecule has 0 saturated heterocycles. The zero-order chi connectivity index (χ0) is 44.4. The molecule has 58 heavy (non-hydrogen) atoms. The maximum absolute atomic E-state index is 11.1.